The van der Waals surface area contributed by atoms with Crippen molar-refractivity contribution in [3.05, 3.63) is 16.1 Å². The fourth-order valence-corrected chi connectivity index (χ4v) is 3.34. The summed E-state index contributed by atoms with van der Waals surface area (Å²) >= 11 is 1.67. The van der Waals surface area contributed by atoms with Crippen LogP contribution in [0.3, 0.4) is 0 Å². The number of piperidine rings is 1. The predicted octanol–water partition coefficient (Wildman–Crippen LogP) is 3.20. The van der Waals surface area contributed by atoms with Crippen molar-refractivity contribution in [1.29, 1.82) is 0 Å². The number of hydrogen-bond donors (Lipinski definition) is 1. The van der Waals surface area contributed by atoms with Crippen LogP contribution >= 0.6 is 36.2 Å². The Morgan fingerprint density at radius 1 is 1.50 bits per heavy atom. The lowest BCUT2D eigenvalue weighted by molar-refractivity contribution is -0.134. The van der Waals surface area contributed by atoms with Crippen molar-refractivity contribution in [3.8, 4) is 0 Å². The van der Waals surface area contributed by atoms with Gasteiger partial charge < -0.3 is 10.6 Å². The van der Waals surface area contributed by atoms with Gasteiger partial charge in [-0.2, -0.15) is 0 Å². The number of amides is 1. The molecule has 1 aromatic heterocycles. The van der Waals surface area contributed by atoms with Crippen LogP contribution in [0.25, 0.3) is 0 Å². The average molecular weight is 368 g/mol. The summed E-state index contributed by atoms with van der Waals surface area (Å²) in [5, 5.41) is 3.18. The van der Waals surface area contributed by atoms with Crippen LogP contribution in [-0.4, -0.2) is 34.9 Å². The zero-order chi connectivity index (χ0) is 14.8. The molecule has 0 spiro atoms. The van der Waals surface area contributed by atoms with Gasteiger partial charge in [-0.25, -0.2) is 4.98 Å². The maximum absolute atomic E-state index is 12.3. The molecular weight excluding hydrogens is 341 g/mol. The molecule has 1 unspecified atom stereocenters. The van der Waals surface area contributed by atoms with Crippen LogP contribution in [0.2, 0.25) is 0 Å². The first-order valence-corrected chi connectivity index (χ1v) is 8.21. The lowest BCUT2D eigenvalue weighted by Gasteiger charge is -2.42. The van der Waals surface area contributed by atoms with E-state index >= 15 is 0 Å². The standard InChI is InChI=1S/C15H25N3OS.2ClH/c1-11-17-12(9-20-11)5-4-6-14(19)18-8-7-13(16)15(2,3)10-18;;/h9,13H,4-8,10,16H2,1-3H3;2*1H. The Morgan fingerprint density at radius 3 is 2.73 bits per heavy atom. The molecular formula is C15H27Cl2N3OS. The number of carbonyl (C=O) groups excluding carboxylic acids is 1. The third kappa shape index (κ3) is 5.69. The predicted molar refractivity (Wildman–Crippen MR) is 97.2 cm³/mol. The smallest absolute Gasteiger partial charge is 0.222 e. The highest BCUT2D eigenvalue weighted by molar-refractivity contribution is 7.09. The highest BCUT2D eigenvalue weighted by Crippen LogP contribution is 2.28. The Hall–Kier alpha value is -0.360. The third-order valence-corrected chi connectivity index (χ3v) is 4.98. The van der Waals surface area contributed by atoms with Gasteiger partial charge in [-0.3, -0.25) is 4.79 Å². The number of carbonyl (C=O) groups is 1. The van der Waals surface area contributed by atoms with Crippen molar-refractivity contribution in [3.63, 3.8) is 0 Å². The van der Waals surface area contributed by atoms with Crippen LogP contribution < -0.4 is 5.73 Å². The fourth-order valence-electron chi connectivity index (χ4n) is 2.69. The molecule has 1 fully saturated rings. The van der Waals surface area contributed by atoms with Crippen molar-refractivity contribution < 1.29 is 4.79 Å². The molecule has 1 aliphatic heterocycles. The van der Waals surface area contributed by atoms with E-state index in [4.69, 9.17) is 5.73 Å². The minimum atomic E-state index is 0. The largest absolute Gasteiger partial charge is 0.342 e. The number of thiazole rings is 1. The minimum absolute atomic E-state index is 0. The molecule has 0 aliphatic carbocycles. The second kappa shape index (κ2) is 9.06. The van der Waals surface area contributed by atoms with Gasteiger partial charge in [-0.15, -0.1) is 36.2 Å². The molecule has 1 aliphatic rings. The van der Waals surface area contributed by atoms with Gasteiger partial charge in [-0.05, 0) is 31.6 Å². The van der Waals surface area contributed by atoms with E-state index in [2.05, 4.69) is 24.2 Å². The second-order valence-corrected chi connectivity index (χ2v) is 7.47. The number of likely N-dealkylation sites (tertiary alicyclic amines) is 1. The van der Waals surface area contributed by atoms with Gasteiger partial charge in [0.1, 0.15) is 0 Å². The third-order valence-electron chi connectivity index (χ3n) is 4.16. The molecule has 1 saturated heterocycles. The molecule has 2 N–H and O–H groups in total. The van der Waals surface area contributed by atoms with E-state index in [1.54, 1.807) is 11.3 Å². The van der Waals surface area contributed by atoms with Crippen LogP contribution in [0.5, 0.6) is 0 Å². The van der Waals surface area contributed by atoms with E-state index in [1.807, 2.05) is 11.8 Å². The molecule has 0 saturated carbocycles. The summed E-state index contributed by atoms with van der Waals surface area (Å²) in [6.45, 7) is 7.89. The summed E-state index contributed by atoms with van der Waals surface area (Å²) in [6, 6.07) is 0.199. The molecule has 4 nitrogen and oxygen atoms in total. The van der Waals surface area contributed by atoms with E-state index < -0.39 is 0 Å². The monoisotopic (exact) mass is 367 g/mol. The number of aryl methyl sites for hydroxylation is 2. The quantitative estimate of drug-likeness (QED) is 0.888. The molecule has 1 atom stereocenters. The van der Waals surface area contributed by atoms with E-state index in [0.717, 1.165) is 43.1 Å². The van der Waals surface area contributed by atoms with Gasteiger partial charge in [0.15, 0.2) is 0 Å². The number of nitrogens with zero attached hydrogens (tertiary/aromatic N) is 2. The Bertz CT molecular complexity index is 479. The second-order valence-electron chi connectivity index (χ2n) is 6.41. The van der Waals surface area contributed by atoms with Gasteiger partial charge in [-0.1, -0.05) is 13.8 Å². The van der Waals surface area contributed by atoms with Crippen LogP contribution in [0, 0.1) is 12.3 Å². The first-order valence-electron chi connectivity index (χ1n) is 7.33. The molecule has 1 amide bonds. The molecule has 1 aromatic rings. The maximum Gasteiger partial charge on any atom is 0.222 e. The zero-order valence-electron chi connectivity index (χ0n) is 13.5. The van der Waals surface area contributed by atoms with Gasteiger partial charge in [0.05, 0.1) is 10.7 Å². The summed E-state index contributed by atoms with van der Waals surface area (Å²) in [7, 11) is 0. The number of hydrogen-bond acceptors (Lipinski definition) is 4. The molecule has 2 heterocycles. The molecule has 22 heavy (non-hydrogen) atoms. The molecule has 2 rings (SSSR count). The Labute approximate surface area is 149 Å². The summed E-state index contributed by atoms with van der Waals surface area (Å²) in [4.78, 5) is 18.7. The molecule has 0 bridgehead atoms. The highest BCUT2D eigenvalue weighted by atomic mass is 35.5. The Balaban J connectivity index is 0.00000220. The van der Waals surface area contributed by atoms with Crippen molar-refractivity contribution in [2.75, 3.05) is 13.1 Å². The SMILES string of the molecule is Cc1nc(CCCC(=O)N2CCC(N)C(C)(C)C2)cs1.Cl.Cl. The maximum atomic E-state index is 12.3. The van der Waals surface area contributed by atoms with Crippen LogP contribution in [-0.2, 0) is 11.2 Å². The normalized spacial score (nSPS) is 20.0. The zero-order valence-corrected chi connectivity index (χ0v) is 16.0. The fraction of sp³-hybridized carbons (Fsp3) is 0.733. The van der Waals surface area contributed by atoms with Crippen LogP contribution in [0.4, 0.5) is 0 Å². The van der Waals surface area contributed by atoms with Gasteiger partial charge in [0.25, 0.3) is 0 Å². The van der Waals surface area contributed by atoms with Crippen LogP contribution in [0.1, 0.15) is 43.8 Å². The average Bonchev–Trinajstić information content (AvgIpc) is 2.78. The summed E-state index contributed by atoms with van der Waals surface area (Å²) < 4.78 is 0. The van der Waals surface area contributed by atoms with Gasteiger partial charge in [0, 0.05) is 30.9 Å². The molecule has 7 heteroatoms. The number of aromatic nitrogens is 1. The van der Waals surface area contributed by atoms with Crippen LogP contribution in [0.15, 0.2) is 5.38 Å². The minimum Gasteiger partial charge on any atom is -0.342 e. The van der Waals surface area contributed by atoms with E-state index in [-0.39, 0.29) is 42.2 Å². The number of halogens is 2. The van der Waals surface area contributed by atoms with E-state index in [9.17, 15) is 4.79 Å². The van der Waals surface area contributed by atoms with E-state index in [0.29, 0.717) is 6.42 Å². The lowest BCUT2D eigenvalue weighted by Crippen LogP contribution is -2.53. The topological polar surface area (TPSA) is 59.2 Å². The van der Waals surface area contributed by atoms with Gasteiger partial charge in [0.2, 0.25) is 5.91 Å². The first-order chi connectivity index (χ1) is 9.38. The molecule has 128 valence electrons. The molecule has 0 radical (unpaired) electrons. The van der Waals surface area contributed by atoms with Crippen molar-refractivity contribution in [2.45, 2.75) is 52.5 Å². The number of rotatable bonds is 4. The van der Waals surface area contributed by atoms with Crippen molar-refractivity contribution in [1.82, 2.24) is 9.88 Å². The van der Waals surface area contributed by atoms with Crippen molar-refractivity contribution >= 4 is 42.1 Å². The summed E-state index contributed by atoms with van der Waals surface area (Å²) in [6.07, 6.45) is 3.30. The highest BCUT2D eigenvalue weighted by Gasteiger charge is 2.34. The summed E-state index contributed by atoms with van der Waals surface area (Å²) in [5.41, 5.74) is 7.25. The first kappa shape index (κ1) is 21.6. The van der Waals surface area contributed by atoms with Gasteiger partial charge >= 0.3 is 0 Å². The molecule has 0 aromatic carbocycles. The Morgan fingerprint density at radius 2 is 2.18 bits per heavy atom. The Kier molecular flexibility index (Phi) is 8.91. The van der Waals surface area contributed by atoms with Crippen molar-refractivity contribution in [2.24, 2.45) is 11.1 Å². The lowest BCUT2D eigenvalue weighted by atomic mass is 9.79. The number of nitrogens with two attached hydrogens (primary N) is 1. The summed E-state index contributed by atoms with van der Waals surface area (Å²) in [5.74, 6) is 0.261. The van der Waals surface area contributed by atoms with E-state index in [1.165, 1.54) is 0 Å².